The summed E-state index contributed by atoms with van der Waals surface area (Å²) < 4.78 is 28.9. The van der Waals surface area contributed by atoms with Gasteiger partial charge in [-0.3, -0.25) is 9.46 Å². The highest BCUT2D eigenvalue weighted by Crippen LogP contribution is 2.51. The van der Waals surface area contributed by atoms with Crippen LogP contribution in [0.25, 0.3) is 0 Å². The van der Waals surface area contributed by atoms with Crippen molar-refractivity contribution >= 4 is 19.4 Å². The summed E-state index contributed by atoms with van der Waals surface area (Å²) in [5, 5.41) is 0. The third kappa shape index (κ3) is 7.65. The summed E-state index contributed by atoms with van der Waals surface area (Å²) in [6.45, 7) is 13.8. The van der Waals surface area contributed by atoms with E-state index in [1.54, 1.807) is 18.7 Å². The fourth-order valence-corrected chi connectivity index (χ4v) is 4.24. The third-order valence-corrected chi connectivity index (χ3v) is 5.92. The molecule has 0 N–H and O–H groups in total. The SMILES string of the molecule is CCOP(=O)(Cc1ccc(N(C(=O)OC(C)(C)C)C(C)CC)cc1)OCC. The first-order valence-corrected chi connectivity index (χ1v) is 11.3. The topological polar surface area (TPSA) is 65.1 Å². The molecule has 1 aromatic carbocycles. The summed E-state index contributed by atoms with van der Waals surface area (Å²) in [7, 11) is -3.16. The van der Waals surface area contributed by atoms with Crippen LogP contribution in [0.1, 0.15) is 60.5 Å². The van der Waals surface area contributed by atoms with E-state index in [-0.39, 0.29) is 18.3 Å². The Morgan fingerprint density at radius 3 is 2.00 bits per heavy atom. The summed E-state index contributed by atoms with van der Waals surface area (Å²) in [4.78, 5) is 14.3. The van der Waals surface area contributed by atoms with E-state index in [2.05, 4.69) is 0 Å². The molecule has 0 aromatic heterocycles. The highest BCUT2D eigenvalue weighted by molar-refractivity contribution is 7.53. The van der Waals surface area contributed by atoms with Gasteiger partial charge in [0.05, 0.1) is 19.4 Å². The summed E-state index contributed by atoms with van der Waals surface area (Å²) in [6.07, 6.45) is 0.620. The summed E-state index contributed by atoms with van der Waals surface area (Å²) in [6, 6.07) is 7.37. The molecule has 1 atom stereocenters. The first-order chi connectivity index (χ1) is 12.5. The Bertz CT molecular complexity index is 629. The second-order valence-corrected chi connectivity index (χ2v) is 9.43. The number of amides is 1. The molecule has 1 aromatic rings. The van der Waals surface area contributed by atoms with E-state index in [9.17, 15) is 9.36 Å². The lowest BCUT2D eigenvalue weighted by Crippen LogP contribution is -2.42. The molecule has 0 aliphatic heterocycles. The van der Waals surface area contributed by atoms with Crippen LogP contribution in [0.5, 0.6) is 0 Å². The zero-order valence-corrected chi connectivity index (χ0v) is 18.5. The number of hydrogen-bond acceptors (Lipinski definition) is 5. The van der Waals surface area contributed by atoms with Crippen LogP contribution < -0.4 is 4.90 Å². The first-order valence-electron chi connectivity index (χ1n) is 9.54. The number of nitrogens with zero attached hydrogens (tertiary/aromatic N) is 1. The molecule has 0 spiro atoms. The Hall–Kier alpha value is -1.36. The second kappa shape index (κ2) is 10.3. The van der Waals surface area contributed by atoms with Crippen molar-refractivity contribution in [3.63, 3.8) is 0 Å². The molecule has 0 aliphatic carbocycles. The van der Waals surface area contributed by atoms with Gasteiger partial charge in [-0.1, -0.05) is 19.1 Å². The summed E-state index contributed by atoms with van der Waals surface area (Å²) >= 11 is 0. The lowest BCUT2D eigenvalue weighted by atomic mass is 10.1. The van der Waals surface area contributed by atoms with Crippen LogP contribution >= 0.6 is 7.60 Å². The Morgan fingerprint density at radius 1 is 1.07 bits per heavy atom. The molecule has 0 radical (unpaired) electrons. The summed E-state index contributed by atoms with van der Waals surface area (Å²) in [5.74, 6) is 0. The van der Waals surface area contributed by atoms with Crippen molar-refractivity contribution in [3.05, 3.63) is 29.8 Å². The molecule has 0 saturated heterocycles. The lowest BCUT2D eigenvalue weighted by molar-refractivity contribution is 0.0567. The largest absolute Gasteiger partial charge is 0.443 e. The number of benzene rings is 1. The van der Waals surface area contributed by atoms with Crippen molar-refractivity contribution in [3.8, 4) is 0 Å². The van der Waals surface area contributed by atoms with Crippen molar-refractivity contribution in [2.24, 2.45) is 0 Å². The van der Waals surface area contributed by atoms with Gasteiger partial charge in [0.25, 0.3) is 0 Å². The maximum absolute atomic E-state index is 12.7. The van der Waals surface area contributed by atoms with E-state index in [4.69, 9.17) is 13.8 Å². The molecule has 154 valence electrons. The van der Waals surface area contributed by atoms with Gasteiger partial charge < -0.3 is 13.8 Å². The number of ether oxygens (including phenoxy) is 1. The van der Waals surface area contributed by atoms with Gasteiger partial charge in [-0.2, -0.15) is 0 Å². The molecule has 1 unspecified atom stereocenters. The Balaban J connectivity index is 3.04. The van der Waals surface area contributed by atoms with Crippen molar-refractivity contribution < 1.29 is 23.1 Å². The predicted octanol–water partition coefficient (Wildman–Crippen LogP) is 5.99. The smallest absolute Gasteiger partial charge is 0.415 e. The monoisotopic (exact) mass is 399 g/mol. The van der Waals surface area contributed by atoms with Crippen LogP contribution in [0.4, 0.5) is 10.5 Å². The van der Waals surface area contributed by atoms with Gasteiger partial charge in [0.2, 0.25) is 0 Å². The van der Waals surface area contributed by atoms with E-state index < -0.39 is 13.2 Å². The van der Waals surface area contributed by atoms with Crippen molar-refractivity contribution in [2.75, 3.05) is 18.1 Å². The Kier molecular flexibility index (Phi) is 9.00. The van der Waals surface area contributed by atoms with Gasteiger partial charge in [-0.15, -0.1) is 0 Å². The molecule has 0 fully saturated rings. The fourth-order valence-electron chi connectivity index (χ4n) is 2.54. The molecular weight excluding hydrogens is 365 g/mol. The number of carbonyl (C=O) groups excluding carboxylic acids is 1. The average Bonchev–Trinajstić information content (AvgIpc) is 2.55. The lowest BCUT2D eigenvalue weighted by Gasteiger charge is -2.31. The average molecular weight is 399 g/mol. The minimum Gasteiger partial charge on any atom is -0.443 e. The van der Waals surface area contributed by atoms with Crippen LogP contribution in [0.3, 0.4) is 0 Å². The minimum atomic E-state index is -3.16. The van der Waals surface area contributed by atoms with Gasteiger partial charge in [0, 0.05) is 11.7 Å². The van der Waals surface area contributed by atoms with Gasteiger partial charge in [0.1, 0.15) is 5.60 Å². The molecule has 1 amide bonds. The molecule has 6 nitrogen and oxygen atoms in total. The van der Waals surface area contributed by atoms with Crippen LogP contribution in [-0.2, 0) is 24.5 Å². The first kappa shape index (κ1) is 23.7. The van der Waals surface area contributed by atoms with E-state index >= 15 is 0 Å². The molecule has 0 aliphatic rings. The van der Waals surface area contributed by atoms with Crippen molar-refractivity contribution in [1.29, 1.82) is 0 Å². The standard InChI is InChI=1S/C20H34NO5P/c1-8-16(4)21(19(22)26-20(5,6)7)18-13-11-17(12-14-18)15-27(23,24-9-2)25-10-3/h11-14,16H,8-10,15H2,1-7H3. The van der Waals surface area contributed by atoms with Crippen LogP contribution in [0.15, 0.2) is 24.3 Å². The zero-order valence-electron chi connectivity index (χ0n) is 17.7. The third-order valence-electron chi connectivity index (χ3n) is 3.86. The fraction of sp³-hybridized carbons (Fsp3) is 0.650. The number of hydrogen-bond donors (Lipinski definition) is 0. The number of anilines is 1. The van der Waals surface area contributed by atoms with Gasteiger partial charge in [0.15, 0.2) is 0 Å². The van der Waals surface area contributed by atoms with Crippen molar-refractivity contribution in [1.82, 2.24) is 0 Å². The molecule has 27 heavy (non-hydrogen) atoms. The molecule has 0 bridgehead atoms. The van der Waals surface area contributed by atoms with Gasteiger partial charge in [-0.05, 0) is 65.7 Å². The van der Waals surface area contributed by atoms with E-state index in [1.807, 2.05) is 58.9 Å². The number of rotatable bonds is 9. The predicted molar refractivity (Wildman–Crippen MR) is 109 cm³/mol. The highest BCUT2D eigenvalue weighted by atomic mass is 31.2. The van der Waals surface area contributed by atoms with Gasteiger partial charge >= 0.3 is 13.7 Å². The maximum Gasteiger partial charge on any atom is 0.415 e. The summed E-state index contributed by atoms with van der Waals surface area (Å²) in [5.41, 5.74) is 1.01. The number of carbonyl (C=O) groups is 1. The quantitative estimate of drug-likeness (QED) is 0.477. The molecule has 7 heteroatoms. The van der Waals surface area contributed by atoms with Crippen LogP contribution in [0, 0.1) is 0 Å². The normalized spacial score (nSPS) is 13.3. The van der Waals surface area contributed by atoms with Gasteiger partial charge in [-0.25, -0.2) is 4.79 Å². The van der Waals surface area contributed by atoms with E-state index in [0.717, 1.165) is 17.7 Å². The molecule has 0 saturated carbocycles. The van der Waals surface area contributed by atoms with Crippen LogP contribution in [-0.4, -0.2) is 30.9 Å². The Morgan fingerprint density at radius 2 is 1.59 bits per heavy atom. The zero-order chi connectivity index (χ0) is 20.7. The molecule has 0 heterocycles. The molecular formula is C20H34NO5P. The molecule has 1 rings (SSSR count). The Labute approximate surface area is 163 Å². The maximum atomic E-state index is 12.7. The highest BCUT2D eigenvalue weighted by Gasteiger charge is 2.28. The van der Waals surface area contributed by atoms with Crippen LogP contribution in [0.2, 0.25) is 0 Å². The van der Waals surface area contributed by atoms with Crippen molar-refractivity contribution in [2.45, 2.75) is 72.7 Å². The second-order valence-electron chi connectivity index (χ2n) is 7.38. The van der Waals surface area contributed by atoms with E-state index in [1.165, 1.54) is 0 Å². The minimum absolute atomic E-state index is 0.0105. The van der Waals surface area contributed by atoms with E-state index in [0.29, 0.717) is 13.2 Å².